The molecule has 0 amide bonds. The first kappa shape index (κ1) is 16.0. The third kappa shape index (κ3) is 4.27. The third-order valence-electron chi connectivity index (χ3n) is 4.01. The molecule has 0 aromatic heterocycles. The molecule has 0 radical (unpaired) electrons. The lowest BCUT2D eigenvalue weighted by atomic mass is 10.0. The largest absolute Gasteiger partial charge is 0.312 e. The van der Waals surface area contributed by atoms with Crippen LogP contribution in [0.3, 0.4) is 0 Å². The second kappa shape index (κ2) is 8.13. The van der Waals surface area contributed by atoms with Crippen molar-refractivity contribution in [2.75, 3.05) is 13.1 Å². The minimum atomic E-state index is 0. The van der Waals surface area contributed by atoms with Crippen LogP contribution in [0.2, 0.25) is 0 Å². The van der Waals surface area contributed by atoms with E-state index in [1.165, 1.54) is 35.1 Å². The van der Waals surface area contributed by atoms with Gasteiger partial charge < -0.3 is 10.6 Å². The summed E-state index contributed by atoms with van der Waals surface area (Å²) < 4.78 is 0. The molecule has 0 aliphatic carbocycles. The van der Waals surface area contributed by atoms with Gasteiger partial charge in [0.2, 0.25) is 0 Å². The SMILES string of the molecule is [SiH4].c1ccc2c(c1)CCNC2.c1ccc2c(c1)CCNC2. The van der Waals surface area contributed by atoms with E-state index in [4.69, 9.17) is 0 Å². The Labute approximate surface area is 132 Å². The molecule has 21 heavy (non-hydrogen) atoms. The van der Waals surface area contributed by atoms with E-state index in [1.807, 2.05) is 0 Å². The van der Waals surface area contributed by atoms with E-state index < -0.39 is 0 Å². The van der Waals surface area contributed by atoms with Gasteiger partial charge in [-0.2, -0.15) is 0 Å². The van der Waals surface area contributed by atoms with Crippen LogP contribution in [-0.4, -0.2) is 24.1 Å². The highest BCUT2D eigenvalue weighted by molar-refractivity contribution is 5.75. The maximum Gasteiger partial charge on any atom is 0.0208 e. The van der Waals surface area contributed by atoms with Gasteiger partial charge in [-0.25, -0.2) is 0 Å². The van der Waals surface area contributed by atoms with Crippen molar-refractivity contribution in [1.82, 2.24) is 10.6 Å². The highest BCUT2D eigenvalue weighted by atomic mass is 28.1. The average molecular weight is 299 g/mol. The second-order valence-electron chi connectivity index (χ2n) is 5.39. The number of hydrogen-bond acceptors (Lipinski definition) is 2. The molecule has 2 N–H and O–H groups in total. The van der Waals surface area contributed by atoms with Crippen LogP contribution in [0, 0.1) is 0 Å². The summed E-state index contributed by atoms with van der Waals surface area (Å²) >= 11 is 0. The average Bonchev–Trinajstić information content (AvgIpc) is 2.56. The standard InChI is InChI=1S/2C9H11N.H4Si/c2*1-2-4-9-7-10-6-5-8(9)3-1;/h2*1-4,10H,5-7H2;1H4. The number of hydrogen-bond donors (Lipinski definition) is 2. The minimum absolute atomic E-state index is 0. The van der Waals surface area contributed by atoms with Gasteiger partial charge in [-0.3, -0.25) is 0 Å². The van der Waals surface area contributed by atoms with Crippen molar-refractivity contribution < 1.29 is 0 Å². The Balaban J connectivity index is 0.000000147. The van der Waals surface area contributed by atoms with Gasteiger partial charge in [0, 0.05) is 13.1 Å². The van der Waals surface area contributed by atoms with Crippen LogP contribution < -0.4 is 10.6 Å². The minimum Gasteiger partial charge on any atom is -0.312 e. The van der Waals surface area contributed by atoms with E-state index in [9.17, 15) is 0 Å². The van der Waals surface area contributed by atoms with Crippen LogP contribution in [0.25, 0.3) is 0 Å². The van der Waals surface area contributed by atoms with Crippen molar-refractivity contribution in [1.29, 1.82) is 0 Å². The number of fused-ring (bicyclic) bond motifs is 2. The molecule has 0 unspecified atom stereocenters. The predicted molar refractivity (Wildman–Crippen MR) is 95.0 cm³/mol. The third-order valence-corrected chi connectivity index (χ3v) is 4.01. The number of benzene rings is 2. The molecule has 0 saturated carbocycles. The smallest absolute Gasteiger partial charge is 0.0208 e. The van der Waals surface area contributed by atoms with Gasteiger partial charge in [-0.15, -0.1) is 0 Å². The maximum absolute atomic E-state index is 3.34. The zero-order chi connectivity index (χ0) is 13.6. The van der Waals surface area contributed by atoms with Crippen molar-refractivity contribution in [2.45, 2.75) is 25.9 Å². The molecule has 2 aliphatic heterocycles. The molecular formula is C18H26N2Si. The molecule has 2 aromatic carbocycles. The molecule has 0 fully saturated rings. The summed E-state index contributed by atoms with van der Waals surface area (Å²) in [6.45, 7) is 4.38. The normalized spacial score (nSPS) is 15.6. The van der Waals surface area contributed by atoms with Crippen LogP contribution >= 0.6 is 0 Å². The van der Waals surface area contributed by atoms with E-state index >= 15 is 0 Å². The Kier molecular flexibility index (Phi) is 6.17. The van der Waals surface area contributed by atoms with E-state index in [0.717, 1.165) is 26.2 Å². The topological polar surface area (TPSA) is 24.1 Å². The first-order valence-electron chi connectivity index (χ1n) is 7.48. The number of rotatable bonds is 0. The molecule has 3 heteroatoms. The molecule has 2 heterocycles. The molecule has 112 valence electrons. The van der Waals surface area contributed by atoms with Crippen molar-refractivity contribution in [2.24, 2.45) is 0 Å². The Morgan fingerprint density at radius 1 is 0.571 bits per heavy atom. The van der Waals surface area contributed by atoms with Crippen LogP contribution in [0.5, 0.6) is 0 Å². The summed E-state index contributed by atoms with van der Waals surface area (Å²) in [7, 11) is 0. The summed E-state index contributed by atoms with van der Waals surface area (Å²) in [6, 6.07) is 17.3. The molecule has 2 aliphatic rings. The highest BCUT2D eigenvalue weighted by Gasteiger charge is 2.05. The van der Waals surface area contributed by atoms with Gasteiger partial charge in [-0.1, -0.05) is 48.5 Å². The van der Waals surface area contributed by atoms with Crippen LogP contribution in [-0.2, 0) is 25.9 Å². The molecular weight excluding hydrogens is 272 g/mol. The van der Waals surface area contributed by atoms with Gasteiger partial charge in [-0.05, 0) is 59.2 Å². The first-order chi connectivity index (χ1) is 9.93. The monoisotopic (exact) mass is 298 g/mol. The molecule has 0 spiro atoms. The van der Waals surface area contributed by atoms with Gasteiger partial charge in [0.15, 0.2) is 0 Å². The molecule has 0 bridgehead atoms. The van der Waals surface area contributed by atoms with Crippen LogP contribution in [0.15, 0.2) is 48.5 Å². The Bertz CT molecular complexity index is 467. The Morgan fingerprint density at radius 2 is 0.952 bits per heavy atom. The van der Waals surface area contributed by atoms with Crippen molar-refractivity contribution in [3.05, 3.63) is 70.8 Å². The lowest BCUT2D eigenvalue weighted by Crippen LogP contribution is -2.23. The summed E-state index contributed by atoms with van der Waals surface area (Å²) in [4.78, 5) is 0. The summed E-state index contributed by atoms with van der Waals surface area (Å²) in [5, 5.41) is 6.68. The van der Waals surface area contributed by atoms with Gasteiger partial charge in [0.05, 0.1) is 0 Å². The molecule has 2 aromatic rings. The van der Waals surface area contributed by atoms with E-state index in [0.29, 0.717) is 0 Å². The molecule has 2 nitrogen and oxygen atoms in total. The van der Waals surface area contributed by atoms with Crippen molar-refractivity contribution >= 4 is 11.0 Å². The predicted octanol–water partition coefficient (Wildman–Crippen LogP) is 1.21. The van der Waals surface area contributed by atoms with Crippen molar-refractivity contribution in [3.8, 4) is 0 Å². The van der Waals surface area contributed by atoms with Gasteiger partial charge in [0.25, 0.3) is 0 Å². The first-order valence-corrected chi connectivity index (χ1v) is 7.48. The Hall–Kier alpha value is -1.42. The molecule has 4 rings (SSSR count). The summed E-state index contributed by atoms with van der Waals surface area (Å²) in [6.07, 6.45) is 2.38. The zero-order valence-corrected chi connectivity index (χ0v) is 11.9. The fourth-order valence-corrected chi connectivity index (χ4v) is 2.84. The van der Waals surface area contributed by atoms with E-state index in [2.05, 4.69) is 59.2 Å². The zero-order valence-electron chi connectivity index (χ0n) is 11.9. The lowest BCUT2D eigenvalue weighted by molar-refractivity contribution is 0.644. The van der Waals surface area contributed by atoms with Crippen molar-refractivity contribution in [3.63, 3.8) is 0 Å². The number of nitrogens with one attached hydrogen (secondary N) is 2. The second-order valence-corrected chi connectivity index (χ2v) is 5.39. The molecule has 0 atom stereocenters. The van der Waals surface area contributed by atoms with Crippen LogP contribution in [0.1, 0.15) is 22.3 Å². The van der Waals surface area contributed by atoms with E-state index in [1.54, 1.807) is 0 Å². The molecule has 0 saturated heterocycles. The Morgan fingerprint density at radius 3 is 1.33 bits per heavy atom. The van der Waals surface area contributed by atoms with Gasteiger partial charge >= 0.3 is 0 Å². The quantitative estimate of drug-likeness (QED) is 0.715. The summed E-state index contributed by atoms with van der Waals surface area (Å²) in [5.74, 6) is 0. The maximum atomic E-state index is 3.34. The fraction of sp³-hybridized carbons (Fsp3) is 0.333. The van der Waals surface area contributed by atoms with E-state index in [-0.39, 0.29) is 11.0 Å². The van der Waals surface area contributed by atoms with Crippen LogP contribution in [0.4, 0.5) is 0 Å². The fourth-order valence-electron chi connectivity index (χ4n) is 2.84. The van der Waals surface area contributed by atoms with Gasteiger partial charge in [0.1, 0.15) is 0 Å². The summed E-state index contributed by atoms with van der Waals surface area (Å²) in [5.41, 5.74) is 5.96. The highest BCUT2D eigenvalue weighted by Crippen LogP contribution is 2.12. The lowest BCUT2D eigenvalue weighted by Gasteiger charge is -2.15.